The van der Waals surface area contributed by atoms with Gasteiger partial charge in [-0.1, -0.05) is 67.4 Å². The number of halogens is 2. The number of ether oxygens (including phenoxy) is 1. The molecule has 5 rings (SSSR count). The van der Waals surface area contributed by atoms with Crippen LogP contribution in [0.25, 0.3) is 0 Å². The van der Waals surface area contributed by atoms with E-state index in [9.17, 15) is 10.1 Å². The van der Waals surface area contributed by atoms with Gasteiger partial charge in [0.05, 0.1) is 22.6 Å². The summed E-state index contributed by atoms with van der Waals surface area (Å²) in [6, 6.07) is 19.6. The Morgan fingerprint density at radius 2 is 1.73 bits per heavy atom. The summed E-state index contributed by atoms with van der Waals surface area (Å²) in [6.07, 6.45) is 1.01. The largest absolute Gasteiger partial charge is 0.487 e. The number of para-hydroxylation sites is 1. The first-order chi connectivity index (χ1) is 19.4. The summed E-state index contributed by atoms with van der Waals surface area (Å²) in [7, 11) is 0. The highest BCUT2D eigenvalue weighted by molar-refractivity contribution is 6.32. The lowest BCUT2D eigenvalue weighted by Gasteiger charge is -2.44. The van der Waals surface area contributed by atoms with Crippen LogP contribution in [0.5, 0.6) is 5.75 Å². The van der Waals surface area contributed by atoms with Crippen LogP contribution in [-0.2, 0) is 11.4 Å². The summed E-state index contributed by atoms with van der Waals surface area (Å²) < 4.78 is 6.08. The highest BCUT2D eigenvalue weighted by Crippen LogP contribution is 2.51. The molecule has 1 aliphatic heterocycles. The minimum Gasteiger partial charge on any atom is -0.487 e. The average molecular weight is 587 g/mol. The molecule has 3 aromatic carbocycles. The average Bonchev–Trinajstić information content (AvgIpc) is 2.90. The van der Waals surface area contributed by atoms with Crippen LogP contribution in [0.15, 0.2) is 77.3 Å². The minimum atomic E-state index is -0.588. The fourth-order valence-electron chi connectivity index (χ4n) is 5.94. The Morgan fingerprint density at radius 3 is 2.41 bits per heavy atom. The number of nitrogens with zero attached hydrogens (tertiary/aromatic N) is 2. The minimum absolute atomic E-state index is 0.0264. The van der Waals surface area contributed by atoms with Crippen molar-refractivity contribution in [2.75, 3.05) is 4.90 Å². The number of carbonyl (C=O) groups is 1. The number of allylic oxidation sites excluding steroid dienone is 3. The molecule has 210 valence electrons. The molecule has 41 heavy (non-hydrogen) atoms. The first-order valence-electron chi connectivity index (χ1n) is 13.6. The van der Waals surface area contributed by atoms with E-state index in [0.29, 0.717) is 45.6 Å². The molecule has 0 bridgehead atoms. The topological polar surface area (TPSA) is 79.3 Å². The van der Waals surface area contributed by atoms with Gasteiger partial charge in [-0.2, -0.15) is 5.26 Å². The van der Waals surface area contributed by atoms with Crippen LogP contribution in [0, 0.1) is 37.5 Å². The first-order valence-corrected chi connectivity index (χ1v) is 14.4. The fourth-order valence-corrected chi connectivity index (χ4v) is 6.30. The number of nitrogens with two attached hydrogens (primary N) is 1. The van der Waals surface area contributed by atoms with E-state index in [1.165, 1.54) is 0 Å². The molecule has 0 amide bonds. The molecule has 2 N–H and O–H groups in total. The maximum atomic E-state index is 14.0. The molecule has 0 spiro atoms. The number of benzene rings is 3. The molecule has 1 heterocycles. The zero-order chi connectivity index (χ0) is 29.6. The number of anilines is 1. The summed E-state index contributed by atoms with van der Waals surface area (Å²) in [5.74, 6) is 0.349. The van der Waals surface area contributed by atoms with E-state index in [1.807, 2.05) is 68.1 Å². The van der Waals surface area contributed by atoms with Gasteiger partial charge in [0.15, 0.2) is 5.78 Å². The predicted octanol–water partition coefficient (Wildman–Crippen LogP) is 8.44. The number of Topliss-reactive ketones (excluding diaryl/α,β-unsaturated/α-hetero) is 1. The molecule has 0 saturated heterocycles. The second-order valence-corrected chi connectivity index (χ2v) is 12.6. The number of hydrogen-bond acceptors (Lipinski definition) is 5. The fraction of sp³-hybridized carbons (Fsp3) is 0.294. The molecule has 5 nitrogen and oxygen atoms in total. The van der Waals surface area contributed by atoms with Crippen molar-refractivity contribution in [2.45, 2.75) is 60.0 Å². The number of carbonyl (C=O) groups excluding carboxylic acids is 1. The van der Waals surface area contributed by atoms with Crippen LogP contribution in [0.2, 0.25) is 10.0 Å². The quantitative estimate of drug-likeness (QED) is 0.325. The number of aryl methyl sites for hydroxylation is 3. The van der Waals surface area contributed by atoms with Crippen molar-refractivity contribution in [1.29, 1.82) is 5.26 Å². The maximum Gasteiger partial charge on any atom is 0.162 e. The molecule has 0 aromatic heterocycles. The van der Waals surface area contributed by atoms with E-state index in [2.05, 4.69) is 26.0 Å². The highest BCUT2D eigenvalue weighted by atomic mass is 35.5. The number of rotatable bonds is 5. The Balaban J connectivity index is 1.68. The Hall–Kier alpha value is -3.72. The van der Waals surface area contributed by atoms with Gasteiger partial charge < -0.3 is 10.5 Å². The summed E-state index contributed by atoms with van der Waals surface area (Å²) in [5, 5.41) is 11.6. The number of hydrogen-bond donors (Lipinski definition) is 1. The lowest BCUT2D eigenvalue weighted by atomic mass is 9.68. The third kappa shape index (κ3) is 5.35. The van der Waals surface area contributed by atoms with E-state index in [0.717, 1.165) is 39.2 Å². The van der Waals surface area contributed by atoms with Crippen LogP contribution < -0.4 is 15.4 Å². The molecule has 1 unspecified atom stereocenters. The maximum absolute atomic E-state index is 14.0. The number of nitriles is 1. The molecule has 3 aromatic rings. The monoisotopic (exact) mass is 585 g/mol. The normalized spacial score (nSPS) is 18.3. The summed E-state index contributed by atoms with van der Waals surface area (Å²) in [4.78, 5) is 15.8. The van der Waals surface area contributed by atoms with Crippen molar-refractivity contribution in [3.8, 4) is 11.8 Å². The van der Waals surface area contributed by atoms with Gasteiger partial charge >= 0.3 is 0 Å². The van der Waals surface area contributed by atoms with Crippen molar-refractivity contribution in [3.05, 3.63) is 115 Å². The second-order valence-electron chi connectivity index (χ2n) is 11.8. The first kappa shape index (κ1) is 28.8. The van der Waals surface area contributed by atoms with E-state index >= 15 is 0 Å². The van der Waals surface area contributed by atoms with Crippen LogP contribution in [0.3, 0.4) is 0 Å². The van der Waals surface area contributed by atoms with Gasteiger partial charge in [0.2, 0.25) is 0 Å². The van der Waals surface area contributed by atoms with Crippen molar-refractivity contribution in [2.24, 2.45) is 11.1 Å². The Bertz CT molecular complexity index is 1680. The van der Waals surface area contributed by atoms with Crippen LogP contribution >= 0.6 is 23.2 Å². The molecule has 1 aliphatic carbocycles. The highest BCUT2D eigenvalue weighted by Gasteiger charge is 2.45. The zero-order valence-electron chi connectivity index (χ0n) is 23.9. The molecule has 0 saturated carbocycles. The van der Waals surface area contributed by atoms with Crippen molar-refractivity contribution in [1.82, 2.24) is 0 Å². The molecule has 7 heteroatoms. The van der Waals surface area contributed by atoms with Crippen LogP contribution in [0.1, 0.15) is 60.4 Å². The molecule has 1 atom stereocenters. The molecule has 0 radical (unpaired) electrons. The standard InChI is InChI=1S/C34H33Cl2N3O2/c1-19-10-11-23(14-27(19)36)39-28-15-34(4,5)16-29(40)32(28)31(25(17-37)33(39)38)24-13-22(20(2)12-21(24)3)18-41-30-9-7-6-8-26(30)35/h6-14,31H,15-16,18,38H2,1-5H3. The Kier molecular flexibility index (Phi) is 7.68. The third-order valence-corrected chi connectivity index (χ3v) is 8.77. The van der Waals surface area contributed by atoms with Gasteiger partial charge in [-0.3, -0.25) is 9.69 Å². The summed E-state index contributed by atoms with van der Waals surface area (Å²) in [5.41, 5.74) is 13.9. The van der Waals surface area contributed by atoms with Gasteiger partial charge in [-0.15, -0.1) is 0 Å². The summed E-state index contributed by atoms with van der Waals surface area (Å²) >= 11 is 12.8. The van der Waals surface area contributed by atoms with Gasteiger partial charge in [0, 0.05) is 28.4 Å². The van der Waals surface area contributed by atoms with E-state index < -0.39 is 5.92 Å². The van der Waals surface area contributed by atoms with Gasteiger partial charge in [-0.05, 0) is 84.7 Å². The smallest absolute Gasteiger partial charge is 0.162 e. The molecular formula is C34H33Cl2N3O2. The summed E-state index contributed by atoms with van der Waals surface area (Å²) in [6.45, 7) is 10.4. The van der Waals surface area contributed by atoms with Crippen molar-refractivity contribution < 1.29 is 9.53 Å². The SMILES string of the molecule is Cc1ccc(N2C(N)=C(C#N)C(c3cc(COc4ccccc4Cl)c(C)cc3C)C3=C2CC(C)(C)CC3=O)cc1Cl. The van der Waals surface area contributed by atoms with Crippen LogP contribution in [0.4, 0.5) is 5.69 Å². The third-order valence-electron chi connectivity index (χ3n) is 8.05. The zero-order valence-corrected chi connectivity index (χ0v) is 25.5. The molecule has 2 aliphatic rings. The van der Waals surface area contributed by atoms with Crippen molar-refractivity contribution in [3.63, 3.8) is 0 Å². The predicted molar refractivity (Wildman–Crippen MR) is 165 cm³/mol. The van der Waals surface area contributed by atoms with Gasteiger partial charge in [0.25, 0.3) is 0 Å². The second kappa shape index (κ2) is 10.9. The lowest BCUT2D eigenvalue weighted by molar-refractivity contribution is -0.118. The number of ketones is 1. The van der Waals surface area contributed by atoms with E-state index in [4.69, 9.17) is 33.7 Å². The lowest BCUT2D eigenvalue weighted by Crippen LogP contribution is -2.42. The van der Waals surface area contributed by atoms with Crippen molar-refractivity contribution >= 4 is 34.7 Å². The van der Waals surface area contributed by atoms with E-state index in [1.54, 1.807) is 6.07 Å². The Labute approximate surface area is 251 Å². The van der Waals surface area contributed by atoms with Gasteiger partial charge in [0.1, 0.15) is 18.2 Å². The van der Waals surface area contributed by atoms with Gasteiger partial charge in [-0.25, -0.2) is 0 Å². The Morgan fingerprint density at radius 1 is 1.00 bits per heavy atom. The molecule has 0 fully saturated rings. The van der Waals surface area contributed by atoms with E-state index in [-0.39, 0.29) is 17.8 Å². The molecular weight excluding hydrogens is 553 g/mol. The van der Waals surface area contributed by atoms with Crippen LogP contribution in [-0.4, -0.2) is 5.78 Å².